The third-order valence-corrected chi connectivity index (χ3v) is 3.87. The first-order valence-electron chi connectivity index (χ1n) is 6.69. The molecule has 0 radical (unpaired) electrons. The topological polar surface area (TPSA) is 29.9 Å². The fraction of sp³-hybridized carbons (Fsp3) is 0.400. The van der Waals surface area contributed by atoms with Crippen LogP contribution < -0.4 is 5.32 Å². The first kappa shape index (κ1) is 15.4. The van der Waals surface area contributed by atoms with E-state index in [9.17, 15) is 0 Å². The van der Waals surface area contributed by atoms with Gasteiger partial charge in [0.05, 0.1) is 17.4 Å². The predicted octanol–water partition coefficient (Wildman–Crippen LogP) is 3.93. The second-order valence-electron chi connectivity index (χ2n) is 4.88. The molecule has 1 heterocycles. The van der Waals surface area contributed by atoms with Crippen LogP contribution in [0.5, 0.6) is 0 Å². The summed E-state index contributed by atoms with van der Waals surface area (Å²) in [7, 11) is 1.97. The van der Waals surface area contributed by atoms with Gasteiger partial charge < -0.3 is 5.32 Å². The second kappa shape index (κ2) is 6.61. The minimum absolute atomic E-state index is 0.185. The normalized spacial score (nSPS) is 12.7. The van der Waals surface area contributed by atoms with Gasteiger partial charge in [-0.2, -0.15) is 5.10 Å². The Balaban J connectivity index is 2.27. The largest absolute Gasteiger partial charge is 0.309 e. The Morgan fingerprint density at radius 2 is 2.05 bits per heavy atom. The van der Waals surface area contributed by atoms with Crippen molar-refractivity contribution in [2.75, 3.05) is 6.54 Å². The molecule has 20 heavy (non-hydrogen) atoms. The quantitative estimate of drug-likeness (QED) is 0.906. The van der Waals surface area contributed by atoms with Crippen LogP contribution >= 0.6 is 23.2 Å². The third-order valence-electron chi connectivity index (χ3n) is 3.28. The molecule has 1 aromatic heterocycles. The zero-order valence-electron chi connectivity index (χ0n) is 12.0. The van der Waals surface area contributed by atoms with E-state index >= 15 is 0 Å². The Morgan fingerprint density at radius 3 is 2.60 bits per heavy atom. The van der Waals surface area contributed by atoms with E-state index in [4.69, 9.17) is 23.2 Å². The van der Waals surface area contributed by atoms with Crippen LogP contribution in [-0.2, 0) is 13.5 Å². The standard InChI is InChI=1S/C15H19Cl2N3/c1-4-18-14(15-7-10(2)19-20(15)3)8-11-5-6-12(16)9-13(11)17/h5-7,9,14,18H,4,8H2,1-3H3. The van der Waals surface area contributed by atoms with Crippen molar-refractivity contribution in [1.29, 1.82) is 0 Å². The molecule has 0 aliphatic rings. The number of aryl methyl sites for hydroxylation is 2. The Kier molecular flexibility index (Phi) is 5.08. The van der Waals surface area contributed by atoms with E-state index in [-0.39, 0.29) is 6.04 Å². The van der Waals surface area contributed by atoms with Gasteiger partial charge in [0.15, 0.2) is 0 Å². The molecular weight excluding hydrogens is 293 g/mol. The van der Waals surface area contributed by atoms with Crippen molar-refractivity contribution in [1.82, 2.24) is 15.1 Å². The smallest absolute Gasteiger partial charge is 0.0597 e. The molecule has 1 unspecified atom stereocenters. The van der Waals surface area contributed by atoms with Crippen LogP contribution in [0, 0.1) is 6.92 Å². The van der Waals surface area contributed by atoms with Crippen molar-refractivity contribution in [3.8, 4) is 0 Å². The zero-order chi connectivity index (χ0) is 14.7. The van der Waals surface area contributed by atoms with Crippen LogP contribution in [0.25, 0.3) is 0 Å². The molecule has 0 spiro atoms. The molecule has 0 amide bonds. The molecule has 3 nitrogen and oxygen atoms in total. The number of likely N-dealkylation sites (N-methyl/N-ethyl adjacent to an activating group) is 1. The average molecular weight is 312 g/mol. The fourth-order valence-corrected chi connectivity index (χ4v) is 2.88. The fourth-order valence-electron chi connectivity index (χ4n) is 2.39. The van der Waals surface area contributed by atoms with Gasteiger partial charge in [-0.3, -0.25) is 4.68 Å². The monoisotopic (exact) mass is 311 g/mol. The summed E-state index contributed by atoms with van der Waals surface area (Å²) in [6, 6.07) is 7.94. The van der Waals surface area contributed by atoms with Crippen molar-refractivity contribution in [3.63, 3.8) is 0 Å². The van der Waals surface area contributed by atoms with Crippen LogP contribution in [0.3, 0.4) is 0 Å². The molecule has 108 valence electrons. The molecule has 2 aromatic rings. The van der Waals surface area contributed by atoms with E-state index in [1.165, 1.54) is 0 Å². The highest BCUT2D eigenvalue weighted by molar-refractivity contribution is 6.35. The van der Waals surface area contributed by atoms with Crippen molar-refractivity contribution in [2.24, 2.45) is 7.05 Å². The maximum absolute atomic E-state index is 6.27. The molecule has 0 saturated heterocycles. The van der Waals surface area contributed by atoms with Crippen LogP contribution in [-0.4, -0.2) is 16.3 Å². The lowest BCUT2D eigenvalue weighted by atomic mass is 10.0. The number of benzene rings is 1. The van der Waals surface area contributed by atoms with Crippen molar-refractivity contribution < 1.29 is 0 Å². The molecule has 0 bridgehead atoms. The Hall–Kier alpha value is -1.03. The summed E-state index contributed by atoms with van der Waals surface area (Å²) in [6.07, 6.45) is 0.808. The summed E-state index contributed by atoms with van der Waals surface area (Å²) < 4.78 is 1.92. The maximum Gasteiger partial charge on any atom is 0.0597 e. The lowest BCUT2D eigenvalue weighted by Crippen LogP contribution is -2.25. The highest BCUT2D eigenvalue weighted by Crippen LogP contribution is 2.26. The van der Waals surface area contributed by atoms with Gasteiger partial charge in [-0.25, -0.2) is 0 Å². The predicted molar refractivity (Wildman–Crippen MR) is 84.5 cm³/mol. The summed E-state index contributed by atoms with van der Waals surface area (Å²) in [6.45, 7) is 4.99. The minimum atomic E-state index is 0.185. The van der Waals surface area contributed by atoms with Gasteiger partial charge >= 0.3 is 0 Å². The van der Waals surface area contributed by atoms with Gasteiger partial charge in [0.1, 0.15) is 0 Å². The van der Waals surface area contributed by atoms with Gasteiger partial charge in [0, 0.05) is 17.1 Å². The van der Waals surface area contributed by atoms with Crippen molar-refractivity contribution in [3.05, 3.63) is 51.3 Å². The molecule has 5 heteroatoms. The number of rotatable bonds is 5. The molecule has 2 rings (SSSR count). The molecule has 0 saturated carbocycles. The minimum Gasteiger partial charge on any atom is -0.309 e. The van der Waals surface area contributed by atoms with Crippen molar-refractivity contribution >= 4 is 23.2 Å². The highest BCUT2D eigenvalue weighted by atomic mass is 35.5. The van der Waals surface area contributed by atoms with E-state index < -0.39 is 0 Å². The third kappa shape index (κ3) is 3.54. The lowest BCUT2D eigenvalue weighted by Gasteiger charge is -2.19. The van der Waals surface area contributed by atoms with E-state index in [1.54, 1.807) is 6.07 Å². The van der Waals surface area contributed by atoms with E-state index in [2.05, 4.69) is 23.4 Å². The second-order valence-corrected chi connectivity index (χ2v) is 5.73. The van der Waals surface area contributed by atoms with Gasteiger partial charge in [0.2, 0.25) is 0 Å². The molecule has 0 fully saturated rings. The van der Waals surface area contributed by atoms with Crippen molar-refractivity contribution in [2.45, 2.75) is 26.3 Å². The summed E-state index contributed by atoms with van der Waals surface area (Å²) >= 11 is 12.2. The number of nitrogens with zero attached hydrogens (tertiary/aromatic N) is 2. The van der Waals surface area contributed by atoms with Crippen LogP contribution in [0.1, 0.15) is 29.9 Å². The summed E-state index contributed by atoms with van der Waals surface area (Å²) in [5.41, 5.74) is 3.27. The van der Waals surface area contributed by atoms with E-state index in [1.807, 2.05) is 30.8 Å². The summed E-state index contributed by atoms with van der Waals surface area (Å²) in [4.78, 5) is 0. The maximum atomic E-state index is 6.27. The summed E-state index contributed by atoms with van der Waals surface area (Å²) in [5.74, 6) is 0. The molecule has 1 aromatic carbocycles. The van der Waals surface area contributed by atoms with E-state index in [0.717, 1.165) is 29.9 Å². The zero-order valence-corrected chi connectivity index (χ0v) is 13.5. The Bertz CT molecular complexity index is 593. The number of aromatic nitrogens is 2. The molecule has 0 aliphatic heterocycles. The van der Waals surface area contributed by atoms with E-state index in [0.29, 0.717) is 10.0 Å². The lowest BCUT2D eigenvalue weighted by molar-refractivity contribution is 0.507. The number of hydrogen-bond acceptors (Lipinski definition) is 2. The van der Waals surface area contributed by atoms with Crippen LogP contribution in [0.15, 0.2) is 24.3 Å². The first-order chi connectivity index (χ1) is 9.51. The van der Waals surface area contributed by atoms with Gasteiger partial charge in [-0.1, -0.05) is 36.2 Å². The van der Waals surface area contributed by atoms with Gasteiger partial charge in [-0.15, -0.1) is 0 Å². The molecule has 0 aliphatic carbocycles. The summed E-state index contributed by atoms with van der Waals surface area (Å²) in [5, 5.41) is 9.28. The molecule has 1 atom stereocenters. The SMILES string of the molecule is CCNC(Cc1ccc(Cl)cc1Cl)c1cc(C)nn1C. The van der Waals surface area contributed by atoms with Crippen LogP contribution in [0.4, 0.5) is 0 Å². The number of nitrogens with one attached hydrogen (secondary N) is 1. The van der Waals surface area contributed by atoms with Crippen LogP contribution in [0.2, 0.25) is 10.0 Å². The Labute approximate surface area is 129 Å². The Morgan fingerprint density at radius 1 is 1.30 bits per heavy atom. The van der Waals surface area contributed by atoms with Gasteiger partial charge in [0.25, 0.3) is 0 Å². The highest BCUT2D eigenvalue weighted by Gasteiger charge is 2.17. The van der Waals surface area contributed by atoms with Gasteiger partial charge in [-0.05, 0) is 43.7 Å². The molecular formula is C15H19Cl2N3. The number of hydrogen-bond donors (Lipinski definition) is 1. The average Bonchev–Trinajstić information content (AvgIpc) is 2.71. The number of halogens is 2. The first-order valence-corrected chi connectivity index (χ1v) is 7.44. The molecule has 1 N–H and O–H groups in total.